The smallest absolute Gasteiger partial charge is 0.309 e. The first kappa shape index (κ1) is 20.2. The number of carbonyl (C=O) groups excluding carboxylic acids is 1. The minimum atomic E-state index is -1.17. The lowest BCUT2D eigenvalue weighted by Crippen LogP contribution is -2.47. The van der Waals surface area contributed by atoms with Crippen molar-refractivity contribution in [3.63, 3.8) is 0 Å². The first-order chi connectivity index (χ1) is 14.4. The molecule has 1 aliphatic rings. The monoisotopic (exact) mass is 428 g/mol. The van der Waals surface area contributed by atoms with Crippen molar-refractivity contribution < 1.29 is 19.2 Å². The van der Waals surface area contributed by atoms with Gasteiger partial charge in [-0.25, -0.2) is 0 Å². The van der Waals surface area contributed by atoms with Crippen molar-refractivity contribution in [3.8, 4) is 5.75 Å². The number of hydrogen-bond acceptors (Lipinski definition) is 5. The summed E-state index contributed by atoms with van der Waals surface area (Å²) in [6.45, 7) is 1.90. The molecule has 8 heteroatoms. The zero-order valence-electron chi connectivity index (χ0n) is 16.6. The Labute approximate surface area is 178 Å². The van der Waals surface area contributed by atoms with E-state index >= 15 is 0 Å². The molecule has 3 aromatic rings. The van der Waals surface area contributed by atoms with E-state index in [0.717, 1.165) is 16.5 Å². The second-order valence-corrected chi connectivity index (χ2v) is 7.75. The van der Waals surface area contributed by atoms with E-state index in [1.54, 1.807) is 25.1 Å². The Morgan fingerprint density at radius 3 is 2.77 bits per heavy atom. The van der Waals surface area contributed by atoms with Crippen molar-refractivity contribution >= 4 is 28.5 Å². The topological polar surface area (TPSA) is 83.6 Å². The van der Waals surface area contributed by atoms with E-state index in [9.17, 15) is 14.9 Å². The van der Waals surface area contributed by atoms with Crippen molar-refractivity contribution in [1.29, 1.82) is 0 Å². The quantitative estimate of drug-likeness (QED) is 0.343. The van der Waals surface area contributed by atoms with E-state index < -0.39 is 24.0 Å². The SMILES string of the molecule is CCOC(=O)CC1Oc2ccc(Cl)cc2C(c2cn(C)c3ccccc23)C1[N+](=O)[O-]. The fourth-order valence-corrected chi connectivity index (χ4v) is 4.46. The minimum absolute atomic E-state index is 0.202. The van der Waals surface area contributed by atoms with Gasteiger partial charge in [0, 0.05) is 39.7 Å². The Morgan fingerprint density at radius 2 is 2.03 bits per heavy atom. The van der Waals surface area contributed by atoms with Crippen LogP contribution in [0.2, 0.25) is 5.02 Å². The maximum Gasteiger partial charge on any atom is 0.309 e. The standard InChI is InChI=1S/C22H21ClN2O5/c1-3-29-20(26)11-19-22(25(27)28)21(15-10-13(23)8-9-18(15)30-19)16-12-24(2)17-7-5-4-6-14(16)17/h4-10,12,19,21-22H,3,11H2,1-2H3. The number of para-hydroxylation sites is 1. The average Bonchev–Trinajstić information content (AvgIpc) is 3.04. The Hall–Kier alpha value is -3.06. The Kier molecular flexibility index (Phi) is 5.39. The molecule has 1 aromatic heterocycles. The third-order valence-electron chi connectivity index (χ3n) is 5.49. The van der Waals surface area contributed by atoms with Gasteiger partial charge in [0.05, 0.1) is 18.9 Å². The molecule has 0 bridgehead atoms. The van der Waals surface area contributed by atoms with Crippen LogP contribution in [0.15, 0.2) is 48.7 Å². The van der Waals surface area contributed by atoms with Gasteiger partial charge in [0.1, 0.15) is 5.75 Å². The summed E-state index contributed by atoms with van der Waals surface area (Å²) in [7, 11) is 1.90. The molecule has 0 amide bonds. The van der Waals surface area contributed by atoms with Gasteiger partial charge in [0.25, 0.3) is 6.04 Å². The van der Waals surface area contributed by atoms with Gasteiger partial charge in [-0.2, -0.15) is 0 Å². The predicted molar refractivity (Wildman–Crippen MR) is 113 cm³/mol. The second kappa shape index (κ2) is 7.99. The van der Waals surface area contributed by atoms with Gasteiger partial charge >= 0.3 is 5.97 Å². The molecule has 4 rings (SSSR count). The maximum absolute atomic E-state index is 12.3. The number of aryl methyl sites for hydroxylation is 1. The number of fused-ring (bicyclic) bond motifs is 2. The molecule has 0 spiro atoms. The number of rotatable bonds is 5. The molecule has 30 heavy (non-hydrogen) atoms. The van der Waals surface area contributed by atoms with E-state index in [-0.39, 0.29) is 18.0 Å². The number of carbonyl (C=O) groups is 1. The van der Waals surface area contributed by atoms with Gasteiger partial charge in [-0.05, 0) is 36.8 Å². The Morgan fingerprint density at radius 1 is 1.27 bits per heavy atom. The number of benzene rings is 2. The molecule has 7 nitrogen and oxygen atoms in total. The zero-order chi connectivity index (χ0) is 21.4. The summed E-state index contributed by atoms with van der Waals surface area (Å²) in [5.41, 5.74) is 2.41. The lowest BCUT2D eigenvalue weighted by molar-refractivity contribution is -0.537. The van der Waals surface area contributed by atoms with Crippen molar-refractivity contribution in [1.82, 2.24) is 4.57 Å². The molecule has 0 saturated carbocycles. The molecule has 1 aliphatic heterocycles. The summed E-state index contributed by atoms with van der Waals surface area (Å²) >= 11 is 6.24. The number of aromatic nitrogens is 1. The van der Waals surface area contributed by atoms with Crippen LogP contribution in [0.25, 0.3) is 10.9 Å². The summed E-state index contributed by atoms with van der Waals surface area (Å²) in [5, 5.41) is 13.6. The molecule has 0 N–H and O–H groups in total. The van der Waals surface area contributed by atoms with E-state index in [2.05, 4.69) is 0 Å². The molecular weight excluding hydrogens is 408 g/mol. The highest BCUT2D eigenvalue weighted by atomic mass is 35.5. The van der Waals surface area contributed by atoms with Gasteiger partial charge in [-0.3, -0.25) is 14.9 Å². The molecular formula is C22H21ClN2O5. The number of esters is 1. The lowest BCUT2D eigenvalue weighted by atomic mass is 9.79. The fourth-order valence-electron chi connectivity index (χ4n) is 4.28. The molecule has 156 valence electrons. The van der Waals surface area contributed by atoms with Crippen LogP contribution in [-0.4, -0.2) is 34.2 Å². The van der Waals surface area contributed by atoms with E-state index in [1.165, 1.54) is 0 Å². The molecule has 0 fully saturated rings. The number of hydrogen-bond donors (Lipinski definition) is 0. The van der Waals surface area contributed by atoms with E-state index in [4.69, 9.17) is 21.1 Å². The van der Waals surface area contributed by atoms with Gasteiger partial charge in [0.2, 0.25) is 0 Å². The number of nitro groups is 1. The van der Waals surface area contributed by atoms with Gasteiger partial charge < -0.3 is 14.0 Å². The van der Waals surface area contributed by atoms with Crippen LogP contribution < -0.4 is 4.74 Å². The normalized spacial score (nSPS) is 20.4. The first-order valence-electron chi connectivity index (χ1n) is 9.70. The highest BCUT2D eigenvalue weighted by Crippen LogP contribution is 2.45. The maximum atomic E-state index is 12.3. The third-order valence-corrected chi connectivity index (χ3v) is 5.72. The zero-order valence-corrected chi connectivity index (χ0v) is 17.3. The molecule has 2 heterocycles. The van der Waals surface area contributed by atoms with Gasteiger partial charge in [0.15, 0.2) is 6.10 Å². The Balaban J connectivity index is 1.91. The van der Waals surface area contributed by atoms with Crippen LogP contribution in [0, 0.1) is 10.1 Å². The molecule has 0 saturated heterocycles. The van der Waals surface area contributed by atoms with Crippen LogP contribution in [0.5, 0.6) is 5.75 Å². The number of halogens is 1. The summed E-state index contributed by atoms with van der Waals surface area (Å²) < 4.78 is 12.9. The minimum Gasteiger partial charge on any atom is -0.482 e. The molecule has 2 aromatic carbocycles. The van der Waals surface area contributed by atoms with Crippen LogP contribution in [0.4, 0.5) is 0 Å². The van der Waals surface area contributed by atoms with Crippen LogP contribution in [-0.2, 0) is 16.6 Å². The molecule has 0 radical (unpaired) electrons. The molecule has 3 unspecified atom stereocenters. The third kappa shape index (κ3) is 3.50. The van der Waals surface area contributed by atoms with Crippen molar-refractivity contribution in [3.05, 3.63) is 74.9 Å². The average molecular weight is 429 g/mol. The lowest BCUT2D eigenvalue weighted by Gasteiger charge is -2.34. The van der Waals surface area contributed by atoms with Crippen molar-refractivity contribution in [2.45, 2.75) is 31.4 Å². The fraction of sp³-hybridized carbons (Fsp3) is 0.318. The summed E-state index contributed by atoms with van der Waals surface area (Å²) in [4.78, 5) is 24.1. The highest BCUT2D eigenvalue weighted by molar-refractivity contribution is 6.30. The van der Waals surface area contributed by atoms with Gasteiger partial charge in [-0.15, -0.1) is 0 Å². The summed E-state index contributed by atoms with van der Waals surface area (Å²) in [6, 6.07) is 11.7. The predicted octanol–water partition coefficient (Wildman–Crippen LogP) is 4.32. The largest absolute Gasteiger partial charge is 0.482 e. The van der Waals surface area contributed by atoms with Gasteiger partial charge in [-0.1, -0.05) is 29.8 Å². The number of ether oxygens (including phenoxy) is 2. The van der Waals surface area contributed by atoms with Crippen molar-refractivity contribution in [2.75, 3.05) is 6.61 Å². The van der Waals surface area contributed by atoms with Crippen LogP contribution in [0.1, 0.15) is 30.4 Å². The van der Waals surface area contributed by atoms with Crippen molar-refractivity contribution in [2.24, 2.45) is 7.05 Å². The molecule has 3 atom stereocenters. The first-order valence-corrected chi connectivity index (χ1v) is 10.1. The summed E-state index contributed by atoms with van der Waals surface area (Å²) in [5.74, 6) is -0.666. The van der Waals surface area contributed by atoms with Crippen LogP contribution >= 0.6 is 11.6 Å². The highest BCUT2D eigenvalue weighted by Gasteiger charge is 2.49. The number of nitrogens with zero attached hydrogens (tertiary/aromatic N) is 2. The second-order valence-electron chi connectivity index (χ2n) is 7.31. The summed E-state index contributed by atoms with van der Waals surface area (Å²) in [6.07, 6.45) is 0.739. The molecule has 0 aliphatic carbocycles. The van der Waals surface area contributed by atoms with Crippen LogP contribution in [0.3, 0.4) is 0 Å². The van der Waals surface area contributed by atoms with E-state index in [1.807, 2.05) is 42.1 Å². The Bertz CT molecular complexity index is 1130. The van der Waals surface area contributed by atoms with E-state index in [0.29, 0.717) is 16.3 Å².